The molecule has 2 saturated heterocycles. The van der Waals surface area contributed by atoms with Gasteiger partial charge in [-0.05, 0) is 116 Å². The number of pyridine rings is 1. The van der Waals surface area contributed by atoms with Crippen LogP contribution in [0.25, 0.3) is 11.0 Å². The molecule has 5 aromatic rings. The summed E-state index contributed by atoms with van der Waals surface area (Å²) in [6.07, 6.45) is -0.931. The second-order valence-electron chi connectivity index (χ2n) is 30.6. The molecule has 18 N–H and O–H groups in total. The smallest absolute Gasteiger partial charge is 0.246 e. The van der Waals surface area contributed by atoms with Gasteiger partial charge in [0.25, 0.3) is 0 Å². The van der Waals surface area contributed by atoms with Crippen molar-refractivity contribution < 1.29 is 87.5 Å². The molecular weight excluding hydrogens is 1500 g/mol. The molecule has 0 aliphatic carbocycles. The van der Waals surface area contributed by atoms with Gasteiger partial charge in [0.2, 0.25) is 76.8 Å². The standard InChI is InChI=1S/C78H105N15O18S2/c1-41(2)77(10)74(109)89-61(44(5)95)71(106)87-57(63(79)99)39-112-37-48-14-11-15-49(32-48)38-113-40-58(83-45(6)96)66(101)90-62(76(7,8)9)72(107)86-56(34-47-20-24-52(98)25-21-47)73(108)93-29-13-17-59(93)69(104)88-60(43(4)94)70(105)85-55(35-50-36-81-64-53(50)16-12-28-80-64)68(103)92-78(26-30-111-31-27-78)75(110)82-42(3)65(100)84-54(67(102)91-77)33-46-18-22-51(97)23-19-46/h11-12,14-16,18-25,28,32,36,41-44,54-62,94-95,97-98H,13,17,26-27,29-31,33-35,37-40H2,1-10H3,(H2,79,99)(H,80,81)(H,82,110)(H,83,96)(H,84,100)(H,85,105)(H,86,107)(H,87,106)(H,88,104)(H,89,109)(H,90,101)(H,91,102)(H,92,103)/t42-,43+,44+,54-,55-,56-,57-,58-,59-,60-,61-,62+,77-/m0/s1. The van der Waals surface area contributed by atoms with Crippen LogP contribution in [0.2, 0.25) is 0 Å². The summed E-state index contributed by atoms with van der Waals surface area (Å²) in [7, 11) is 0. The van der Waals surface area contributed by atoms with Gasteiger partial charge in [-0.3, -0.25) is 62.3 Å². The van der Waals surface area contributed by atoms with E-state index in [2.05, 4.69) is 68.5 Å². The van der Waals surface area contributed by atoms with Crippen molar-refractivity contribution in [2.45, 2.75) is 209 Å². The quantitative estimate of drug-likeness (QED) is 0.0832. The fourth-order valence-corrected chi connectivity index (χ4v) is 15.3. The lowest BCUT2D eigenvalue weighted by atomic mass is 9.85. The maximum atomic E-state index is 15.2. The first-order valence-corrected chi connectivity index (χ1v) is 39.8. The first kappa shape index (κ1) is 88.2. The molecule has 3 aromatic carbocycles. The van der Waals surface area contributed by atoms with E-state index in [-0.39, 0.29) is 87.7 Å². The number of nitrogens with one attached hydrogen (secondary N) is 12. The number of aromatic hydroxyl groups is 2. The van der Waals surface area contributed by atoms with E-state index < -0.39 is 172 Å². The molecule has 2 aromatic heterocycles. The Morgan fingerprint density at radius 2 is 1.20 bits per heavy atom. The lowest BCUT2D eigenvalue weighted by Crippen LogP contribution is -2.68. The lowest BCUT2D eigenvalue weighted by molar-refractivity contribution is -0.143. The topological polar surface area (TPSA) is 502 Å². The zero-order valence-corrected chi connectivity index (χ0v) is 66.6. The van der Waals surface area contributed by atoms with Gasteiger partial charge in [-0.25, -0.2) is 4.98 Å². The van der Waals surface area contributed by atoms with Crippen molar-refractivity contribution in [2.75, 3.05) is 31.3 Å². The van der Waals surface area contributed by atoms with Crippen molar-refractivity contribution in [3.8, 4) is 11.5 Å². The molecule has 113 heavy (non-hydrogen) atoms. The first-order valence-electron chi connectivity index (χ1n) is 37.5. The number of benzene rings is 3. The van der Waals surface area contributed by atoms with Crippen LogP contribution in [0, 0.1) is 11.3 Å². The normalized spacial score (nSPS) is 26.0. The van der Waals surface area contributed by atoms with Crippen LogP contribution in [0.3, 0.4) is 0 Å². The van der Waals surface area contributed by atoms with Crippen LogP contribution in [0.15, 0.2) is 97.3 Å². The Labute approximate surface area is 663 Å². The zero-order chi connectivity index (χ0) is 82.8. The molecule has 1 spiro atoms. The summed E-state index contributed by atoms with van der Waals surface area (Å²) >= 11 is 2.52. The van der Waals surface area contributed by atoms with Crippen molar-refractivity contribution in [3.63, 3.8) is 0 Å². The first-order chi connectivity index (χ1) is 53.4. The minimum absolute atomic E-state index is 0.0113. The number of aromatic amines is 1. The predicted molar refractivity (Wildman–Crippen MR) is 420 cm³/mol. The summed E-state index contributed by atoms with van der Waals surface area (Å²) in [5.41, 5.74) is 4.35. The number of aliphatic hydroxyl groups is 2. The number of fused-ring (bicyclic) bond motifs is 4. The number of aliphatic hydroxyl groups excluding tert-OH is 2. The van der Waals surface area contributed by atoms with Gasteiger partial charge in [-0.2, -0.15) is 23.5 Å². The van der Waals surface area contributed by atoms with Crippen LogP contribution in [-0.4, -0.2) is 227 Å². The SMILES string of the molecule is CC(=O)N[C@H]1CSCc2cccc(c2)CSC[C@@H](C(N)=O)NC(=O)[C@H]([C@@H](C)O)NC(=O)[C@](C)(C(C)C)NC(=O)[C@H](Cc2ccc(O)cc2)NC(=O)[C@H](C)NC(=O)C2(CCOCC2)NC(=O)[C@H](Cc2c[nH]c3ncccc23)NC(=O)[C@H]([C@@H](C)O)NC(=O)[C@@H]2CCCN2C(=O)[C@H](Cc2ccc(O)cc2)NC(=O)[C@H](C(C)(C)C)NC1=O. The second-order valence-corrected chi connectivity index (χ2v) is 32.6. The van der Waals surface area contributed by atoms with Gasteiger partial charge in [0.05, 0.1) is 12.2 Å². The van der Waals surface area contributed by atoms with E-state index in [0.717, 1.165) is 11.1 Å². The summed E-state index contributed by atoms with van der Waals surface area (Å²) in [4.78, 5) is 197. The van der Waals surface area contributed by atoms with Crippen LogP contribution in [-0.2, 0) is 97.8 Å². The Balaban J connectivity index is 1.14. The number of rotatable bonds is 11. The number of phenols is 2. The van der Waals surface area contributed by atoms with Gasteiger partial charge >= 0.3 is 0 Å². The van der Waals surface area contributed by atoms with E-state index in [9.17, 15) is 68.4 Å². The maximum Gasteiger partial charge on any atom is 0.246 e. The van der Waals surface area contributed by atoms with Crippen LogP contribution in [0.1, 0.15) is 123 Å². The molecule has 3 aliphatic rings. The van der Waals surface area contributed by atoms with Crippen LogP contribution in [0.4, 0.5) is 0 Å². The number of carbonyl (C=O) groups is 13. The third kappa shape index (κ3) is 23.9. The maximum absolute atomic E-state index is 15.2. The lowest BCUT2D eigenvalue weighted by Gasteiger charge is -2.38. The van der Waals surface area contributed by atoms with Crippen LogP contribution in [0.5, 0.6) is 11.5 Å². The number of nitrogens with two attached hydrogens (primary N) is 1. The van der Waals surface area contributed by atoms with Crippen molar-refractivity contribution in [3.05, 3.63) is 125 Å². The predicted octanol–water partition coefficient (Wildman–Crippen LogP) is 0.0655. The Morgan fingerprint density at radius 3 is 1.79 bits per heavy atom. The molecular formula is C78H105N15O18S2. The van der Waals surface area contributed by atoms with Gasteiger partial charge in [0, 0.05) is 99.6 Å². The summed E-state index contributed by atoms with van der Waals surface area (Å²) in [6.45, 7) is 14.4. The molecule has 35 heteroatoms. The fourth-order valence-electron chi connectivity index (χ4n) is 13.3. The summed E-state index contributed by atoms with van der Waals surface area (Å²) in [6, 6.07) is 7.42. The second kappa shape index (κ2) is 39.4. The summed E-state index contributed by atoms with van der Waals surface area (Å²) < 4.78 is 5.68. The highest BCUT2D eigenvalue weighted by atomic mass is 32.2. The molecule has 0 unspecified atom stereocenters. The van der Waals surface area contributed by atoms with Gasteiger partial charge in [0.1, 0.15) is 88.6 Å². The summed E-state index contributed by atoms with van der Waals surface area (Å²) in [5.74, 6) is -11.8. The minimum Gasteiger partial charge on any atom is -0.508 e. The van der Waals surface area contributed by atoms with Gasteiger partial charge in [-0.15, -0.1) is 0 Å². The van der Waals surface area contributed by atoms with E-state index >= 15 is 14.4 Å². The number of nitrogens with zero attached hydrogens (tertiary/aromatic N) is 2. The average molecular weight is 1600 g/mol. The number of aromatic nitrogens is 2. The number of thioether (sulfide) groups is 2. The van der Waals surface area contributed by atoms with E-state index in [1.54, 1.807) is 59.0 Å². The number of hydrogen-bond acceptors (Lipinski definition) is 21. The minimum atomic E-state index is -1.92. The van der Waals surface area contributed by atoms with E-state index in [1.807, 2.05) is 18.2 Å². The fraction of sp³-hybridized carbons (Fsp3) is 0.513. The number of ether oxygens (including phenoxy) is 1. The number of phenolic OH excluding ortho intramolecular Hbond substituents is 2. The van der Waals surface area contributed by atoms with Crippen molar-refractivity contribution in [1.82, 2.24) is 73.4 Å². The Morgan fingerprint density at radius 1 is 0.646 bits per heavy atom. The number of amides is 13. The van der Waals surface area contributed by atoms with E-state index in [0.29, 0.717) is 39.2 Å². The number of primary amides is 1. The number of hydrogen-bond donors (Lipinski definition) is 17. The molecule has 33 nitrogen and oxygen atoms in total. The molecule has 0 saturated carbocycles. The summed E-state index contributed by atoms with van der Waals surface area (Å²) in [5, 5.41) is 73.1. The van der Waals surface area contributed by atoms with Crippen LogP contribution < -0.4 is 64.2 Å². The molecule has 13 atom stereocenters. The highest BCUT2D eigenvalue weighted by molar-refractivity contribution is 7.98. The Kier molecular flexibility index (Phi) is 30.8. The average Bonchev–Trinajstić information content (AvgIpc) is 1.19. The molecule has 5 heterocycles. The third-order valence-electron chi connectivity index (χ3n) is 20.3. The van der Waals surface area contributed by atoms with Crippen LogP contribution >= 0.6 is 23.5 Å². The molecule has 13 amide bonds. The Hall–Kier alpha value is -10.4. The van der Waals surface area contributed by atoms with E-state index in [4.69, 9.17) is 10.5 Å². The number of carbonyl (C=O) groups excluding carboxylic acids is 13. The highest BCUT2D eigenvalue weighted by Crippen LogP contribution is 2.28. The van der Waals surface area contributed by atoms with Crippen molar-refractivity contribution in [1.29, 1.82) is 0 Å². The zero-order valence-electron chi connectivity index (χ0n) is 64.9. The molecule has 2 fully saturated rings. The molecule has 0 radical (unpaired) electrons. The molecule has 2 bridgehead atoms. The monoisotopic (exact) mass is 1600 g/mol. The van der Waals surface area contributed by atoms with Crippen molar-refractivity contribution in [2.24, 2.45) is 17.1 Å². The molecule has 3 aliphatic heterocycles. The largest absolute Gasteiger partial charge is 0.508 e. The van der Waals surface area contributed by atoms with Crippen molar-refractivity contribution >= 4 is 111 Å². The van der Waals surface area contributed by atoms with Gasteiger partial charge < -0.3 is 99.3 Å². The van der Waals surface area contributed by atoms with Gasteiger partial charge in [-0.1, -0.05) is 83.1 Å². The molecule has 612 valence electrons. The van der Waals surface area contributed by atoms with E-state index in [1.165, 1.54) is 118 Å². The van der Waals surface area contributed by atoms with Gasteiger partial charge in [0.15, 0.2) is 0 Å². The third-order valence-corrected chi connectivity index (χ3v) is 22.5. The molecule has 8 rings (SSSR count). The highest BCUT2D eigenvalue weighted by Gasteiger charge is 2.48. The number of H-pyrrole nitrogens is 1. The Bertz CT molecular complexity index is 4260.